The number of nitrogens with two attached hydrogens (primary N) is 1. The zero-order valence-corrected chi connectivity index (χ0v) is 18.6. The summed E-state index contributed by atoms with van der Waals surface area (Å²) in [5.74, 6) is 6.79. The van der Waals surface area contributed by atoms with Crippen LogP contribution >= 0.6 is 11.7 Å². The van der Waals surface area contributed by atoms with E-state index >= 15 is 0 Å². The Labute approximate surface area is 190 Å². The van der Waals surface area contributed by atoms with E-state index in [9.17, 15) is 9.90 Å². The first-order valence-corrected chi connectivity index (χ1v) is 11.2. The molecule has 168 valence electrons. The summed E-state index contributed by atoms with van der Waals surface area (Å²) in [6, 6.07) is 15.0. The van der Waals surface area contributed by atoms with Gasteiger partial charge < -0.3 is 20.1 Å². The second-order valence-corrected chi connectivity index (χ2v) is 7.93. The molecule has 1 fully saturated rings. The highest BCUT2D eigenvalue weighted by molar-refractivity contribution is 6.99. The molecule has 3 aromatic rings. The maximum atomic E-state index is 12.9. The number of hydrogen-bond acceptors (Lipinski definition) is 9. The number of phenolic OH excluding ortho intramolecular Hbond substituents is 1. The summed E-state index contributed by atoms with van der Waals surface area (Å²) in [5.41, 5.74) is 1.58. The Bertz CT molecular complexity index is 1050. The number of nitrogens with zero attached hydrogens (tertiary/aromatic N) is 4. The van der Waals surface area contributed by atoms with Gasteiger partial charge in [-0.15, -0.1) is 0 Å². The lowest BCUT2D eigenvalue weighted by Crippen LogP contribution is -2.40. The molecule has 32 heavy (non-hydrogen) atoms. The van der Waals surface area contributed by atoms with Gasteiger partial charge in [-0.2, -0.15) is 8.75 Å². The van der Waals surface area contributed by atoms with Gasteiger partial charge in [-0.25, -0.2) is 5.84 Å². The highest BCUT2D eigenvalue weighted by Gasteiger charge is 2.26. The maximum Gasteiger partial charge on any atom is 0.257 e. The van der Waals surface area contributed by atoms with Crippen molar-refractivity contribution in [3.8, 4) is 5.75 Å². The second-order valence-electron chi connectivity index (χ2n) is 7.40. The molecule has 0 spiro atoms. The minimum atomic E-state index is -0.258. The van der Waals surface area contributed by atoms with E-state index in [-0.39, 0.29) is 28.9 Å². The predicted molar refractivity (Wildman–Crippen MR) is 124 cm³/mol. The lowest BCUT2D eigenvalue weighted by atomic mass is 10.0. The monoisotopic (exact) mass is 454 g/mol. The summed E-state index contributed by atoms with van der Waals surface area (Å²) < 4.78 is 14.0. The molecule has 1 aliphatic heterocycles. The topological polar surface area (TPSA) is 117 Å². The lowest BCUT2D eigenvalue weighted by Gasteiger charge is -2.28. The second kappa shape index (κ2) is 9.94. The van der Waals surface area contributed by atoms with Crippen molar-refractivity contribution in [3.05, 3.63) is 59.7 Å². The van der Waals surface area contributed by atoms with Gasteiger partial charge in [-0.05, 0) is 24.1 Å². The number of para-hydroxylation sites is 1. The van der Waals surface area contributed by atoms with Gasteiger partial charge in [0.25, 0.3) is 5.91 Å². The summed E-state index contributed by atoms with van der Waals surface area (Å²) in [4.78, 5) is 14.6. The van der Waals surface area contributed by atoms with Crippen LogP contribution in [0, 0.1) is 0 Å². The highest BCUT2D eigenvalue weighted by Crippen LogP contribution is 2.37. The first-order chi connectivity index (χ1) is 15.6. The van der Waals surface area contributed by atoms with Crippen LogP contribution in [0.2, 0.25) is 0 Å². The van der Waals surface area contributed by atoms with Crippen molar-refractivity contribution in [2.75, 3.05) is 36.6 Å². The summed E-state index contributed by atoms with van der Waals surface area (Å²) in [6.07, 6.45) is 0.834. The number of phenols is 1. The third-order valence-corrected chi connectivity index (χ3v) is 5.94. The number of benzene rings is 2. The summed E-state index contributed by atoms with van der Waals surface area (Å²) >= 11 is 1.02. The Morgan fingerprint density at radius 2 is 1.97 bits per heavy atom. The Balaban J connectivity index is 1.59. The van der Waals surface area contributed by atoms with Crippen LogP contribution in [0.1, 0.15) is 35.3 Å². The van der Waals surface area contributed by atoms with Gasteiger partial charge in [-0.1, -0.05) is 43.3 Å². The standard InChI is InChI=1S/C22H26N6O3S/c1-2-17(15-7-4-3-5-8-15)24-20-21(26-32-25-20)28(23)18-10-6-9-16(19(18)29)22(30)27-11-13-31-14-12-27/h3-10,17,29H,2,11-14,23H2,1H3,(H,24,25)/t17-/m1/s1. The SMILES string of the molecule is CC[C@@H](Nc1nsnc1N(N)c1cccc(C(=O)N2CCOCC2)c1O)c1ccccc1. The molecule has 0 bridgehead atoms. The van der Waals surface area contributed by atoms with Crippen molar-refractivity contribution < 1.29 is 14.6 Å². The fourth-order valence-electron chi connectivity index (χ4n) is 3.65. The number of aromatic hydroxyl groups is 1. The van der Waals surface area contributed by atoms with Crippen molar-refractivity contribution >= 4 is 35.0 Å². The minimum Gasteiger partial charge on any atom is -0.505 e. The van der Waals surface area contributed by atoms with Crippen molar-refractivity contribution in [3.63, 3.8) is 0 Å². The number of carbonyl (C=O) groups excluding carboxylic acids is 1. The van der Waals surface area contributed by atoms with E-state index in [1.54, 1.807) is 23.1 Å². The molecular weight excluding hydrogens is 428 g/mol. The average molecular weight is 455 g/mol. The number of rotatable bonds is 7. The molecule has 9 nitrogen and oxygen atoms in total. The number of hydrazine groups is 1. The quantitative estimate of drug-likeness (QED) is 0.368. The third-order valence-electron chi connectivity index (χ3n) is 5.42. The molecule has 4 rings (SSSR count). The Morgan fingerprint density at radius 1 is 1.22 bits per heavy atom. The van der Waals surface area contributed by atoms with E-state index in [1.807, 2.05) is 30.3 Å². The molecule has 1 aliphatic rings. The maximum absolute atomic E-state index is 12.9. The van der Waals surface area contributed by atoms with Crippen LogP contribution < -0.4 is 16.2 Å². The van der Waals surface area contributed by atoms with Crippen molar-refractivity contribution in [1.29, 1.82) is 0 Å². The molecule has 0 saturated carbocycles. The van der Waals surface area contributed by atoms with Crippen LogP contribution in [0.3, 0.4) is 0 Å². The van der Waals surface area contributed by atoms with E-state index in [1.165, 1.54) is 5.01 Å². The van der Waals surface area contributed by atoms with E-state index in [2.05, 4.69) is 21.0 Å². The summed E-state index contributed by atoms with van der Waals surface area (Å²) in [6.45, 7) is 4.01. The molecule has 1 amide bonds. The number of morpholine rings is 1. The van der Waals surface area contributed by atoms with Crippen LogP contribution in [-0.4, -0.2) is 51.0 Å². The van der Waals surface area contributed by atoms with Gasteiger partial charge in [0.1, 0.15) is 5.69 Å². The van der Waals surface area contributed by atoms with Crippen LogP contribution in [-0.2, 0) is 4.74 Å². The Morgan fingerprint density at radius 3 is 2.69 bits per heavy atom. The molecule has 0 aliphatic carbocycles. The molecule has 2 heterocycles. The zero-order valence-electron chi connectivity index (χ0n) is 17.8. The van der Waals surface area contributed by atoms with E-state index in [0.29, 0.717) is 37.9 Å². The third kappa shape index (κ3) is 4.52. The van der Waals surface area contributed by atoms with Crippen LogP contribution in [0.15, 0.2) is 48.5 Å². The van der Waals surface area contributed by atoms with E-state index in [0.717, 1.165) is 23.7 Å². The molecule has 2 aromatic carbocycles. The lowest BCUT2D eigenvalue weighted by molar-refractivity contribution is 0.0301. The molecule has 10 heteroatoms. The van der Waals surface area contributed by atoms with Crippen LogP contribution in [0.5, 0.6) is 5.75 Å². The first kappa shape index (κ1) is 22.0. The smallest absolute Gasteiger partial charge is 0.257 e. The number of anilines is 3. The zero-order chi connectivity index (χ0) is 22.5. The van der Waals surface area contributed by atoms with Gasteiger partial charge in [0.15, 0.2) is 11.6 Å². The number of hydrogen-bond donors (Lipinski definition) is 3. The van der Waals surface area contributed by atoms with E-state index in [4.69, 9.17) is 10.6 Å². The van der Waals surface area contributed by atoms with Gasteiger partial charge in [0, 0.05) is 13.1 Å². The average Bonchev–Trinajstić information content (AvgIpc) is 3.31. The predicted octanol–water partition coefficient (Wildman–Crippen LogP) is 3.29. The molecule has 1 saturated heterocycles. The van der Waals surface area contributed by atoms with Crippen molar-refractivity contribution in [2.24, 2.45) is 5.84 Å². The fraction of sp³-hybridized carbons (Fsp3) is 0.318. The molecule has 0 unspecified atom stereocenters. The van der Waals surface area contributed by atoms with Crippen molar-refractivity contribution in [2.45, 2.75) is 19.4 Å². The molecule has 4 N–H and O–H groups in total. The molecule has 1 atom stereocenters. The van der Waals surface area contributed by atoms with Crippen LogP contribution in [0.25, 0.3) is 0 Å². The first-order valence-electron chi connectivity index (χ1n) is 10.5. The number of nitrogens with one attached hydrogen (secondary N) is 1. The van der Waals surface area contributed by atoms with Crippen LogP contribution in [0.4, 0.5) is 17.3 Å². The van der Waals surface area contributed by atoms with Gasteiger partial charge in [0.2, 0.25) is 5.82 Å². The number of aromatic nitrogens is 2. The van der Waals surface area contributed by atoms with E-state index < -0.39 is 0 Å². The largest absolute Gasteiger partial charge is 0.505 e. The molecule has 0 radical (unpaired) electrons. The number of carbonyl (C=O) groups is 1. The highest BCUT2D eigenvalue weighted by atomic mass is 32.1. The Kier molecular flexibility index (Phi) is 6.84. The van der Waals surface area contributed by atoms with Gasteiger partial charge >= 0.3 is 0 Å². The summed E-state index contributed by atoms with van der Waals surface area (Å²) in [7, 11) is 0. The minimum absolute atomic E-state index is 0.0232. The number of ether oxygens (including phenoxy) is 1. The normalized spacial score (nSPS) is 14.8. The van der Waals surface area contributed by atoms with Crippen molar-refractivity contribution in [1.82, 2.24) is 13.6 Å². The van der Waals surface area contributed by atoms with Gasteiger partial charge in [-0.3, -0.25) is 9.80 Å². The Hall–Kier alpha value is -3.21. The van der Waals surface area contributed by atoms with Gasteiger partial charge in [0.05, 0.1) is 36.5 Å². The fourth-order valence-corrected chi connectivity index (χ4v) is 4.16. The molecular formula is C22H26N6O3S. The number of amides is 1. The molecule has 1 aromatic heterocycles. The summed E-state index contributed by atoms with van der Waals surface area (Å²) in [5, 5.41) is 15.5.